The molecule has 4 N–H and O–H groups in total. The van der Waals surface area contributed by atoms with Crippen LogP contribution >= 0.6 is 15.9 Å². The van der Waals surface area contributed by atoms with Crippen molar-refractivity contribution in [2.24, 2.45) is 0 Å². The molecule has 0 aliphatic carbocycles. The van der Waals surface area contributed by atoms with Crippen LogP contribution in [0.5, 0.6) is 0 Å². The SMILES string of the molecule is COCCNC(=O)C(C)NS(=O)(=O)c1ccc(Br)cc1N. The van der Waals surface area contributed by atoms with Gasteiger partial charge >= 0.3 is 0 Å². The highest BCUT2D eigenvalue weighted by Crippen LogP contribution is 2.22. The third kappa shape index (κ3) is 5.27. The number of sulfonamides is 1. The smallest absolute Gasteiger partial charge is 0.243 e. The van der Waals surface area contributed by atoms with Gasteiger partial charge in [-0.1, -0.05) is 15.9 Å². The third-order valence-corrected chi connectivity index (χ3v) is 4.70. The Morgan fingerprint density at radius 1 is 1.48 bits per heavy atom. The van der Waals surface area contributed by atoms with Crippen molar-refractivity contribution < 1.29 is 17.9 Å². The first-order chi connectivity index (χ1) is 9.77. The van der Waals surface area contributed by atoms with Crippen LogP contribution in [-0.2, 0) is 19.6 Å². The molecule has 1 aromatic carbocycles. The number of halogens is 1. The molecule has 0 saturated carbocycles. The molecular formula is C12H18BrN3O4S. The lowest BCUT2D eigenvalue weighted by molar-refractivity contribution is -0.122. The minimum absolute atomic E-state index is 0.0674. The molecule has 9 heteroatoms. The van der Waals surface area contributed by atoms with Gasteiger partial charge in [-0.2, -0.15) is 4.72 Å². The predicted octanol–water partition coefficient (Wildman–Crippen LogP) is 0.461. The second-order valence-corrected chi connectivity index (χ2v) is 6.91. The molecule has 1 atom stereocenters. The molecule has 1 unspecified atom stereocenters. The lowest BCUT2D eigenvalue weighted by Crippen LogP contribution is -2.45. The summed E-state index contributed by atoms with van der Waals surface area (Å²) in [4.78, 5) is 11.7. The Kier molecular flexibility index (Phi) is 6.59. The van der Waals surface area contributed by atoms with Gasteiger partial charge in [-0.3, -0.25) is 4.79 Å². The molecule has 1 amide bonds. The van der Waals surface area contributed by atoms with Gasteiger partial charge in [-0.25, -0.2) is 8.42 Å². The molecule has 1 rings (SSSR count). The van der Waals surface area contributed by atoms with Crippen LogP contribution in [-0.4, -0.2) is 40.6 Å². The quantitative estimate of drug-likeness (QED) is 0.470. The van der Waals surface area contributed by atoms with Gasteiger partial charge in [0.25, 0.3) is 0 Å². The summed E-state index contributed by atoms with van der Waals surface area (Å²) in [5, 5.41) is 2.55. The number of nitrogens with two attached hydrogens (primary N) is 1. The minimum atomic E-state index is -3.87. The van der Waals surface area contributed by atoms with Crippen molar-refractivity contribution in [2.45, 2.75) is 17.9 Å². The van der Waals surface area contributed by atoms with Crippen LogP contribution < -0.4 is 15.8 Å². The molecule has 7 nitrogen and oxygen atoms in total. The first-order valence-corrected chi connectivity index (χ1v) is 8.39. The van der Waals surface area contributed by atoms with E-state index in [2.05, 4.69) is 26.0 Å². The van der Waals surface area contributed by atoms with Gasteiger partial charge in [0, 0.05) is 18.1 Å². The van der Waals surface area contributed by atoms with Crippen LogP contribution in [0.2, 0.25) is 0 Å². The molecule has 0 heterocycles. The Hall–Kier alpha value is -1.16. The molecule has 118 valence electrons. The summed E-state index contributed by atoms with van der Waals surface area (Å²) in [7, 11) is -2.36. The van der Waals surface area contributed by atoms with Crippen LogP contribution in [0.15, 0.2) is 27.6 Å². The first kappa shape index (κ1) is 17.9. The number of methoxy groups -OCH3 is 1. The number of benzene rings is 1. The lowest BCUT2D eigenvalue weighted by atomic mass is 10.3. The molecule has 21 heavy (non-hydrogen) atoms. The molecule has 0 aliphatic heterocycles. The number of hydrogen-bond donors (Lipinski definition) is 3. The average molecular weight is 380 g/mol. The van der Waals surface area contributed by atoms with Gasteiger partial charge in [0.1, 0.15) is 4.90 Å². The van der Waals surface area contributed by atoms with Crippen molar-refractivity contribution in [3.8, 4) is 0 Å². The van der Waals surface area contributed by atoms with E-state index in [0.29, 0.717) is 17.6 Å². The highest BCUT2D eigenvalue weighted by Gasteiger charge is 2.23. The second kappa shape index (κ2) is 7.74. The van der Waals surface area contributed by atoms with E-state index in [0.717, 1.165) is 0 Å². The minimum Gasteiger partial charge on any atom is -0.398 e. The van der Waals surface area contributed by atoms with Crippen molar-refractivity contribution in [3.63, 3.8) is 0 Å². The largest absolute Gasteiger partial charge is 0.398 e. The molecule has 1 aromatic rings. The van der Waals surface area contributed by atoms with Gasteiger partial charge in [0.05, 0.1) is 18.3 Å². The number of hydrogen-bond acceptors (Lipinski definition) is 5. The maximum Gasteiger partial charge on any atom is 0.243 e. The summed E-state index contributed by atoms with van der Waals surface area (Å²) in [5.41, 5.74) is 5.79. The van der Waals surface area contributed by atoms with Crippen molar-refractivity contribution in [1.82, 2.24) is 10.0 Å². The van der Waals surface area contributed by atoms with Crippen LogP contribution in [0.25, 0.3) is 0 Å². The zero-order chi connectivity index (χ0) is 16.0. The Morgan fingerprint density at radius 3 is 2.71 bits per heavy atom. The number of carbonyl (C=O) groups is 1. The number of carbonyl (C=O) groups excluding carboxylic acids is 1. The predicted molar refractivity (Wildman–Crippen MR) is 83.2 cm³/mol. The molecule has 0 spiro atoms. The number of ether oxygens (including phenoxy) is 1. The summed E-state index contributed by atoms with van der Waals surface area (Å²) in [6.07, 6.45) is 0. The van der Waals surface area contributed by atoms with Gasteiger partial charge in [0.15, 0.2) is 0 Å². The Balaban J connectivity index is 2.78. The van der Waals surface area contributed by atoms with Crippen LogP contribution in [0.4, 0.5) is 5.69 Å². The highest BCUT2D eigenvalue weighted by atomic mass is 79.9. The highest BCUT2D eigenvalue weighted by molar-refractivity contribution is 9.10. The third-order valence-electron chi connectivity index (χ3n) is 2.59. The maximum absolute atomic E-state index is 12.2. The van der Waals surface area contributed by atoms with Gasteiger partial charge in [-0.05, 0) is 25.1 Å². The summed E-state index contributed by atoms with van der Waals surface area (Å²) in [5.74, 6) is -0.439. The zero-order valence-corrected chi connectivity index (χ0v) is 14.1. The molecule has 0 aromatic heterocycles. The van der Waals surface area contributed by atoms with E-state index >= 15 is 0 Å². The zero-order valence-electron chi connectivity index (χ0n) is 11.7. The average Bonchev–Trinajstić information content (AvgIpc) is 2.37. The standard InChI is InChI=1S/C12H18BrN3O4S/c1-8(12(17)15-5-6-20-2)16-21(18,19)11-4-3-9(13)7-10(11)14/h3-4,7-8,16H,5-6,14H2,1-2H3,(H,15,17). The Labute approximate surface area is 132 Å². The van der Waals surface area contributed by atoms with E-state index in [-0.39, 0.29) is 10.6 Å². The number of nitrogens with one attached hydrogen (secondary N) is 2. The molecule has 0 saturated heterocycles. The fraction of sp³-hybridized carbons (Fsp3) is 0.417. The van der Waals surface area contributed by atoms with E-state index < -0.39 is 22.0 Å². The van der Waals surface area contributed by atoms with Crippen LogP contribution in [0.3, 0.4) is 0 Å². The summed E-state index contributed by atoms with van der Waals surface area (Å²) >= 11 is 3.20. The Morgan fingerprint density at radius 2 is 2.14 bits per heavy atom. The topological polar surface area (TPSA) is 111 Å². The first-order valence-electron chi connectivity index (χ1n) is 6.12. The second-order valence-electron chi connectivity index (χ2n) is 4.31. The van der Waals surface area contributed by atoms with Gasteiger partial charge < -0.3 is 15.8 Å². The molecular weight excluding hydrogens is 362 g/mol. The number of nitrogen functional groups attached to an aromatic ring is 1. The fourth-order valence-electron chi connectivity index (χ4n) is 1.54. The molecule has 0 radical (unpaired) electrons. The van der Waals surface area contributed by atoms with Gasteiger partial charge in [0.2, 0.25) is 15.9 Å². The van der Waals surface area contributed by atoms with E-state index in [1.807, 2.05) is 0 Å². The van der Waals surface area contributed by atoms with E-state index in [1.54, 1.807) is 6.07 Å². The lowest BCUT2D eigenvalue weighted by Gasteiger charge is -2.15. The number of rotatable bonds is 7. The van der Waals surface area contributed by atoms with Crippen LogP contribution in [0, 0.1) is 0 Å². The summed E-state index contributed by atoms with van der Waals surface area (Å²) < 4.78 is 32.1. The van der Waals surface area contributed by atoms with Crippen molar-refractivity contribution in [2.75, 3.05) is 26.0 Å². The molecule has 0 aliphatic rings. The van der Waals surface area contributed by atoms with E-state index in [1.165, 1.54) is 26.2 Å². The van der Waals surface area contributed by atoms with E-state index in [9.17, 15) is 13.2 Å². The fourth-order valence-corrected chi connectivity index (χ4v) is 3.24. The van der Waals surface area contributed by atoms with E-state index in [4.69, 9.17) is 10.5 Å². The van der Waals surface area contributed by atoms with Crippen molar-refractivity contribution in [1.29, 1.82) is 0 Å². The Bertz CT molecular complexity index is 607. The monoisotopic (exact) mass is 379 g/mol. The normalized spacial score (nSPS) is 12.9. The molecule has 0 fully saturated rings. The van der Waals surface area contributed by atoms with Crippen molar-refractivity contribution in [3.05, 3.63) is 22.7 Å². The molecule has 0 bridgehead atoms. The van der Waals surface area contributed by atoms with Crippen LogP contribution in [0.1, 0.15) is 6.92 Å². The van der Waals surface area contributed by atoms with Crippen molar-refractivity contribution >= 4 is 37.5 Å². The number of amides is 1. The maximum atomic E-state index is 12.2. The summed E-state index contributed by atoms with van der Waals surface area (Å²) in [6.45, 7) is 2.11. The number of anilines is 1. The van der Waals surface area contributed by atoms with Gasteiger partial charge in [-0.15, -0.1) is 0 Å². The summed E-state index contributed by atoms with van der Waals surface area (Å²) in [6, 6.07) is 3.50.